The number of hydrogen-bond donors (Lipinski definition) is 0. The normalized spacial score (nSPS) is 9.00. The van der Waals surface area contributed by atoms with Crippen molar-refractivity contribution in [3.05, 3.63) is 39.8 Å². The molecule has 0 fully saturated rings. The van der Waals surface area contributed by atoms with Gasteiger partial charge in [0.1, 0.15) is 0 Å². The fraction of sp³-hybridized carbons (Fsp3) is 0.222. The van der Waals surface area contributed by atoms with Crippen molar-refractivity contribution in [3.63, 3.8) is 0 Å². The Balaban J connectivity index is 3.19. The van der Waals surface area contributed by atoms with Gasteiger partial charge in [-0.2, -0.15) is 0 Å². The van der Waals surface area contributed by atoms with E-state index in [2.05, 4.69) is 14.8 Å². The Morgan fingerprint density at radius 1 is 1.50 bits per heavy atom. The molecular formula is C9H9N3O2. The highest BCUT2D eigenvalue weighted by molar-refractivity contribution is 5.90. The number of hydrogen-bond acceptors (Lipinski definition) is 3. The lowest BCUT2D eigenvalue weighted by atomic mass is 10.1. The van der Waals surface area contributed by atoms with Crippen molar-refractivity contribution < 1.29 is 9.53 Å². The van der Waals surface area contributed by atoms with E-state index in [1.165, 1.54) is 13.2 Å². The molecule has 1 rings (SSSR count). The second-order valence-electron chi connectivity index (χ2n) is 2.74. The summed E-state index contributed by atoms with van der Waals surface area (Å²) in [5.41, 5.74) is 9.88. The molecule has 1 aromatic rings. The number of benzene rings is 1. The van der Waals surface area contributed by atoms with Crippen LogP contribution >= 0.6 is 0 Å². The zero-order valence-electron chi connectivity index (χ0n) is 7.89. The van der Waals surface area contributed by atoms with Crippen LogP contribution in [0.5, 0.6) is 0 Å². The van der Waals surface area contributed by atoms with Crippen LogP contribution in [0.15, 0.2) is 23.3 Å². The van der Waals surface area contributed by atoms with Gasteiger partial charge in [-0.15, -0.1) is 0 Å². The number of ether oxygens (including phenoxy) is 1. The molecule has 0 aliphatic carbocycles. The van der Waals surface area contributed by atoms with Crippen LogP contribution in [0.4, 0.5) is 5.69 Å². The second-order valence-corrected chi connectivity index (χ2v) is 2.74. The quantitative estimate of drug-likeness (QED) is 0.312. The highest BCUT2D eigenvalue weighted by Gasteiger charge is 2.06. The van der Waals surface area contributed by atoms with Crippen molar-refractivity contribution in [2.75, 3.05) is 7.11 Å². The molecule has 0 aliphatic rings. The molecule has 0 amide bonds. The Hall–Kier alpha value is -2.00. The van der Waals surface area contributed by atoms with E-state index < -0.39 is 5.97 Å². The van der Waals surface area contributed by atoms with Crippen molar-refractivity contribution in [1.29, 1.82) is 0 Å². The van der Waals surface area contributed by atoms with Crippen LogP contribution in [0.1, 0.15) is 15.9 Å². The monoisotopic (exact) mass is 191 g/mol. The van der Waals surface area contributed by atoms with E-state index in [9.17, 15) is 4.79 Å². The first-order chi connectivity index (χ1) is 6.67. The Bertz CT molecular complexity index is 409. The summed E-state index contributed by atoms with van der Waals surface area (Å²) in [4.78, 5) is 13.8. The van der Waals surface area contributed by atoms with Gasteiger partial charge in [0, 0.05) is 10.6 Å². The zero-order valence-corrected chi connectivity index (χ0v) is 7.89. The Labute approximate surface area is 80.9 Å². The summed E-state index contributed by atoms with van der Waals surface area (Å²) in [6.45, 7) is 1.81. The van der Waals surface area contributed by atoms with Crippen molar-refractivity contribution in [1.82, 2.24) is 0 Å². The van der Waals surface area contributed by atoms with Crippen molar-refractivity contribution in [2.45, 2.75) is 6.92 Å². The molecule has 0 N–H and O–H groups in total. The Kier molecular flexibility index (Phi) is 3.09. The van der Waals surface area contributed by atoms with Gasteiger partial charge in [-0.05, 0) is 36.2 Å². The number of aryl methyl sites for hydroxylation is 1. The molecule has 5 heteroatoms. The summed E-state index contributed by atoms with van der Waals surface area (Å²) in [7, 11) is 1.30. The van der Waals surface area contributed by atoms with E-state index in [1.807, 2.05) is 6.92 Å². The molecule has 0 saturated carbocycles. The van der Waals surface area contributed by atoms with Crippen LogP contribution in [0.25, 0.3) is 10.4 Å². The van der Waals surface area contributed by atoms with E-state index in [0.29, 0.717) is 11.3 Å². The topological polar surface area (TPSA) is 75.1 Å². The maximum absolute atomic E-state index is 11.2. The summed E-state index contributed by atoms with van der Waals surface area (Å²) in [6, 6.07) is 4.84. The van der Waals surface area contributed by atoms with E-state index in [1.54, 1.807) is 12.1 Å². The Morgan fingerprint density at radius 3 is 2.79 bits per heavy atom. The highest BCUT2D eigenvalue weighted by atomic mass is 16.5. The van der Waals surface area contributed by atoms with Gasteiger partial charge in [0.2, 0.25) is 0 Å². The van der Waals surface area contributed by atoms with Crippen LogP contribution in [-0.2, 0) is 4.74 Å². The third kappa shape index (κ3) is 2.24. The fourth-order valence-electron chi connectivity index (χ4n) is 1.11. The molecule has 0 saturated heterocycles. The lowest BCUT2D eigenvalue weighted by molar-refractivity contribution is 0.0600. The van der Waals surface area contributed by atoms with Crippen molar-refractivity contribution in [3.8, 4) is 0 Å². The predicted octanol–water partition coefficient (Wildman–Crippen LogP) is 2.72. The van der Waals surface area contributed by atoms with Crippen LogP contribution in [0.2, 0.25) is 0 Å². The minimum absolute atomic E-state index is 0.384. The number of nitrogens with zero attached hydrogens (tertiary/aromatic N) is 3. The summed E-state index contributed by atoms with van der Waals surface area (Å²) < 4.78 is 4.55. The molecule has 1 aromatic carbocycles. The fourth-order valence-corrected chi connectivity index (χ4v) is 1.11. The van der Waals surface area contributed by atoms with Crippen LogP contribution in [0.3, 0.4) is 0 Å². The average Bonchev–Trinajstić information content (AvgIpc) is 2.16. The number of carbonyl (C=O) groups excluding carboxylic acids is 1. The van der Waals surface area contributed by atoms with E-state index >= 15 is 0 Å². The molecule has 5 nitrogen and oxygen atoms in total. The molecule has 72 valence electrons. The van der Waals surface area contributed by atoms with Crippen LogP contribution < -0.4 is 0 Å². The molecule has 0 aliphatic heterocycles. The van der Waals surface area contributed by atoms with Gasteiger partial charge in [0.05, 0.1) is 12.7 Å². The van der Waals surface area contributed by atoms with Gasteiger partial charge >= 0.3 is 5.97 Å². The smallest absolute Gasteiger partial charge is 0.337 e. The highest BCUT2D eigenvalue weighted by Crippen LogP contribution is 2.18. The van der Waals surface area contributed by atoms with Gasteiger partial charge in [0.25, 0.3) is 0 Å². The first kappa shape index (κ1) is 10.1. The lowest BCUT2D eigenvalue weighted by Gasteiger charge is -2.01. The first-order valence-corrected chi connectivity index (χ1v) is 3.92. The van der Waals surface area contributed by atoms with Crippen molar-refractivity contribution in [2.24, 2.45) is 5.11 Å². The van der Waals surface area contributed by atoms with E-state index in [-0.39, 0.29) is 0 Å². The molecule has 0 aromatic heterocycles. The number of rotatable bonds is 2. The molecule has 14 heavy (non-hydrogen) atoms. The van der Waals surface area contributed by atoms with Gasteiger partial charge in [-0.25, -0.2) is 4.79 Å². The molecular weight excluding hydrogens is 182 g/mol. The standard InChI is InChI=1S/C9H9N3O2/c1-6-3-7(9(13)14-2)5-8(4-6)11-12-10/h3-5H,1-2H3. The lowest BCUT2D eigenvalue weighted by Crippen LogP contribution is -2.00. The van der Waals surface area contributed by atoms with Gasteiger partial charge in [-0.1, -0.05) is 5.11 Å². The van der Waals surface area contributed by atoms with Crippen LogP contribution in [-0.4, -0.2) is 13.1 Å². The Morgan fingerprint density at radius 2 is 2.21 bits per heavy atom. The molecule has 0 atom stereocenters. The summed E-state index contributed by atoms with van der Waals surface area (Å²) in [5.74, 6) is -0.442. The maximum Gasteiger partial charge on any atom is 0.337 e. The first-order valence-electron chi connectivity index (χ1n) is 3.92. The summed E-state index contributed by atoms with van der Waals surface area (Å²) >= 11 is 0. The minimum Gasteiger partial charge on any atom is -0.465 e. The predicted molar refractivity (Wildman–Crippen MR) is 51.3 cm³/mol. The number of esters is 1. The molecule has 0 bridgehead atoms. The van der Waals surface area contributed by atoms with E-state index in [0.717, 1.165) is 5.56 Å². The molecule has 0 unspecified atom stereocenters. The summed E-state index contributed by atoms with van der Waals surface area (Å²) in [5, 5.41) is 3.42. The van der Waals surface area contributed by atoms with Gasteiger partial charge in [0.15, 0.2) is 0 Å². The SMILES string of the molecule is COC(=O)c1cc(C)cc(N=[N+]=[N-])c1. The molecule has 0 spiro atoms. The van der Waals surface area contributed by atoms with E-state index in [4.69, 9.17) is 5.53 Å². The van der Waals surface area contributed by atoms with Crippen LogP contribution in [0, 0.1) is 6.92 Å². The minimum atomic E-state index is -0.442. The largest absolute Gasteiger partial charge is 0.465 e. The number of carbonyl (C=O) groups is 1. The van der Waals surface area contributed by atoms with Crippen molar-refractivity contribution >= 4 is 11.7 Å². The number of methoxy groups -OCH3 is 1. The maximum atomic E-state index is 11.2. The average molecular weight is 191 g/mol. The van der Waals surface area contributed by atoms with Gasteiger partial charge < -0.3 is 4.74 Å². The molecule has 0 heterocycles. The third-order valence-electron chi connectivity index (χ3n) is 1.64. The molecule has 0 radical (unpaired) electrons. The third-order valence-corrected chi connectivity index (χ3v) is 1.64. The second kappa shape index (κ2) is 4.30. The zero-order chi connectivity index (χ0) is 10.6. The summed E-state index contributed by atoms with van der Waals surface area (Å²) in [6.07, 6.45) is 0. The number of azide groups is 1. The van der Waals surface area contributed by atoms with Gasteiger partial charge in [-0.3, -0.25) is 0 Å².